The quantitative estimate of drug-likeness (QED) is 0.429. The van der Waals surface area contributed by atoms with Gasteiger partial charge >= 0.3 is 0 Å². The van der Waals surface area contributed by atoms with E-state index in [1.807, 2.05) is 0 Å². The molecule has 0 aromatic carbocycles. The molecular weight excluding hydrogens is 264 g/mol. The molecule has 1 rings (SSSR count). The standard InChI is InChI=1S/C17H36N2S/c1-18(2)17(12-11-13-17)16-19(3)14-9-7-5-4-6-8-10-15-20/h20H,4-16H2,1-3H3. The topological polar surface area (TPSA) is 6.48 Å². The fourth-order valence-electron chi connectivity index (χ4n) is 3.29. The number of likely N-dealkylation sites (N-methyl/N-ethyl adjacent to an activating group) is 2. The molecule has 0 saturated heterocycles. The molecule has 0 amide bonds. The minimum atomic E-state index is 0.488. The van der Waals surface area contributed by atoms with Crippen LogP contribution in [0.3, 0.4) is 0 Å². The van der Waals surface area contributed by atoms with Crippen LogP contribution in [0.25, 0.3) is 0 Å². The SMILES string of the molecule is CN(CCCCCCCCCS)CC1(N(C)C)CCC1. The second-order valence-corrected chi connectivity index (χ2v) is 7.36. The Hall–Kier alpha value is 0.270. The van der Waals surface area contributed by atoms with Crippen molar-refractivity contribution in [2.24, 2.45) is 0 Å². The van der Waals surface area contributed by atoms with Crippen molar-refractivity contribution in [3.8, 4) is 0 Å². The summed E-state index contributed by atoms with van der Waals surface area (Å²) in [6, 6.07) is 0. The molecule has 120 valence electrons. The molecule has 0 spiro atoms. The zero-order valence-corrected chi connectivity index (χ0v) is 14.9. The minimum Gasteiger partial charge on any atom is -0.305 e. The second-order valence-electron chi connectivity index (χ2n) is 6.91. The Bertz CT molecular complexity index is 239. The Balaban J connectivity index is 1.99. The molecule has 1 fully saturated rings. The Labute approximate surface area is 132 Å². The molecule has 1 saturated carbocycles. The smallest absolute Gasteiger partial charge is 0.0330 e. The molecule has 1 aliphatic carbocycles. The summed E-state index contributed by atoms with van der Waals surface area (Å²) < 4.78 is 0. The van der Waals surface area contributed by atoms with Gasteiger partial charge in [0, 0.05) is 12.1 Å². The van der Waals surface area contributed by atoms with Crippen LogP contribution in [0.5, 0.6) is 0 Å². The van der Waals surface area contributed by atoms with Crippen molar-refractivity contribution in [1.29, 1.82) is 0 Å². The van der Waals surface area contributed by atoms with Gasteiger partial charge in [-0.25, -0.2) is 0 Å². The molecule has 2 nitrogen and oxygen atoms in total. The lowest BCUT2D eigenvalue weighted by atomic mass is 9.75. The maximum atomic E-state index is 4.25. The predicted molar refractivity (Wildman–Crippen MR) is 93.9 cm³/mol. The summed E-state index contributed by atoms with van der Waals surface area (Å²) in [5.41, 5.74) is 0.488. The zero-order chi connectivity index (χ0) is 14.8. The van der Waals surface area contributed by atoms with Crippen LogP contribution in [-0.4, -0.2) is 55.3 Å². The van der Waals surface area contributed by atoms with Crippen LogP contribution in [0.15, 0.2) is 0 Å². The summed E-state index contributed by atoms with van der Waals surface area (Å²) in [6.07, 6.45) is 13.8. The maximum absolute atomic E-state index is 4.25. The Morgan fingerprint density at radius 3 is 1.85 bits per heavy atom. The van der Waals surface area contributed by atoms with Gasteiger partial charge in [0.05, 0.1) is 0 Å². The number of unbranched alkanes of at least 4 members (excludes halogenated alkanes) is 6. The van der Waals surface area contributed by atoms with Gasteiger partial charge in [0.2, 0.25) is 0 Å². The van der Waals surface area contributed by atoms with E-state index in [1.165, 1.54) is 77.3 Å². The maximum Gasteiger partial charge on any atom is 0.0330 e. The summed E-state index contributed by atoms with van der Waals surface area (Å²) in [4.78, 5) is 5.01. The Kier molecular flexibility index (Phi) is 9.23. The van der Waals surface area contributed by atoms with E-state index in [2.05, 4.69) is 43.6 Å². The lowest BCUT2D eigenvalue weighted by Gasteiger charge is -2.49. The summed E-state index contributed by atoms with van der Waals surface area (Å²) in [5, 5.41) is 0. The van der Waals surface area contributed by atoms with Gasteiger partial charge in [0.15, 0.2) is 0 Å². The van der Waals surface area contributed by atoms with E-state index in [0.29, 0.717) is 5.54 Å². The lowest BCUT2D eigenvalue weighted by Crippen LogP contribution is -2.56. The van der Waals surface area contributed by atoms with Crippen LogP contribution >= 0.6 is 12.6 Å². The highest BCUT2D eigenvalue weighted by Crippen LogP contribution is 2.36. The predicted octanol–water partition coefficient (Wildman–Crippen LogP) is 4.06. The van der Waals surface area contributed by atoms with Crippen molar-refractivity contribution < 1.29 is 0 Å². The largest absolute Gasteiger partial charge is 0.305 e. The average molecular weight is 301 g/mol. The molecule has 0 heterocycles. The first-order valence-corrected chi connectivity index (χ1v) is 9.21. The van der Waals surface area contributed by atoms with Crippen molar-refractivity contribution in [3.05, 3.63) is 0 Å². The van der Waals surface area contributed by atoms with Gasteiger partial charge < -0.3 is 9.80 Å². The van der Waals surface area contributed by atoms with Gasteiger partial charge in [-0.1, -0.05) is 32.1 Å². The van der Waals surface area contributed by atoms with Crippen molar-refractivity contribution in [2.75, 3.05) is 40.0 Å². The number of rotatable bonds is 12. The van der Waals surface area contributed by atoms with Crippen molar-refractivity contribution in [3.63, 3.8) is 0 Å². The summed E-state index contributed by atoms with van der Waals surface area (Å²) >= 11 is 4.25. The van der Waals surface area contributed by atoms with Crippen LogP contribution in [-0.2, 0) is 0 Å². The molecule has 1 aliphatic rings. The van der Waals surface area contributed by atoms with Gasteiger partial charge in [0.25, 0.3) is 0 Å². The third-order valence-electron chi connectivity index (χ3n) is 5.00. The van der Waals surface area contributed by atoms with Gasteiger partial charge in [0.1, 0.15) is 0 Å². The number of hydrogen-bond acceptors (Lipinski definition) is 3. The van der Waals surface area contributed by atoms with E-state index in [4.69, 9.17) is 0 Å². The van der Waals surface area contributed by atoms with Gasteiger partial charge in [-0.15, -0.1) is 0 Å². The first kappa shape index (κ1) is 18.3. The van der Waals surface area contributed by atoms with E-state index in [0.717, 1.165) is 5.75 Å². The molecule has 0 aromatic rings. The summed E-state index contributed by atoms with van der Waals surface area (Å²) in [5.74, 6) is 1.05. The van der Waals surface area contributed by atoms with Gasteiger partial charge in [-0.2, -0.15) is 12.6 Å². The van der Waals surface area contributed by atoms with Crippen molar-refractivity contribution in [2.45, 2.75) is 69.7 Å². The van der Waals surface area contributed by atoms with E-state index >= 15 is 0 Å². The molecule has 3 heteroatoms. The van der Waals surface area contributed by atoms with E-state index < -0.39 is 0 Å². The number of nitrogens with zero attached hydrogens (tertiary/aromatic N) is 2. The molecule has 0 atom stereocenters. The highest BCUT2D eigenvalue weighted by Gasteiger charge is 2.39. The Morgan fingerprint density at radius 2 is 1.40 bits per heavy atom. The third kappa shape index (κ3) is 6.36. The second kappa shape index (κ2) is 10.1. The molecule has 0 N–H and O–H groups in total. The van der Waals surface area contributed by atoms with Gasteiger partial charge in [-0.05, 0) is 65.5 Å². The van der Waals surface area contributed by atoms with Crippen LogP contribution in [0.2, 0.25) is 0 Å². The molecule has 20 heavy (non-hydrogen) atoms. The zero-order valence-electron chi connectivity index (χ0n) is 14.0. The highest BCUT2D eigenvalue weighted by atomic mass is 32.1. The molecule has 0 radical (unpaired) electrons. The normalized spacial score (nSPS) is 17.7. The fraction of sp³-hybridized carbons (Fsp3) is 1.00. The first-order valence-electron chi connectivity index (χ1n) is 8.57. The number of thiol groups is 1. The molecule has 0 unspecified atom stereocenters. The Morgan fingerprint density at radius 1 is 0.850 bits per heavy atom. The minimum absolute atomic E-state index is 0.488. The van der Waals surface area contributed by atoms with Crippen molar-refractivity contribution in [1.82, 2.24) is 9.80 Å². The van der Waals surface area contributed by atoms with Crippen LogP contribution in [0.4, 0.5) is 0 Å². The van der Waals surface area contributed by atoms with Crippen LogP contribution in [0, 0.1) is 0 Å². The van der Waals surface area contributed by atoms with Crippen LogP contribution in [0.1, 0.15) is 64.2 Å². The van der Waals surface area contributed by atoms with Gasteiger partial charge in [-0.3, -0.25) is 0 Å². The monoisotopic (exact) mass is 300 g/mol. The van der Waals surface area contributed by atoms with E-state index in [-0.39, 0.29) is 0 Å². The van der Waals surface area contributed by atoms with Crippen molar-refractivity contribution >= 4 is 12.6 Å². The van der Waals surface area contributed by atoms with E-state index in [1.54, 1.807) is 0 Å². The fourth-order valence-corrected chi connectivity index (χ4v) is 3.51. The van der Waals surface area contributed by atoms with Crippen LogP contribution < -0.4 is 0 Å². The third-order valence-corrected chi connectivity index (χ3v) is 5.31. The summed E-state index contributed by atoms with van der Waals surface area (Å²) in [7, 11) is 6.80. The molecule has 0 aromatic heterocycles. The average Bonchev–Trinajstić information content (AvgIpc) is 2.36. The summed E-state index contributed by atoms with van der Waals surface area (Å²) in [6.45, 7) is 2.52. The first-order chi connectivity index (χ1) is 9.60. The molecule has 0 aliphatic heterocycles. The van der Waals surface area contributed by atoms with E-state index in [9.17, 15) is 0 Å². The number of hydrogen-bond donors (Lipinski definition) is 1. The highest BCUT2D eigenvalue weighted by molar-refractivity contribution is 7.80. The molecule has 0 bridgehead atoms. The molecular formula is C17H36N2S. The lowest BCUT2D eigenvalue weighted by molar-refractivity contribution is 0.0275.